The predicted octanol–water partition coefficient (Wildman–Crippen LogP) is 7.43. The van der Waals surface area contributed by atoms with Gasteiger partial charge in [0.15, 0.2) is 0 Å². The van der Waals surface area contributed by atoms with E-state index >= 15 is 4.39 Å². The standard InChI is InChI=1S/C31H31ClF2N6O2S/c1-18(2)40-30-24(20-8-11-23(12-9-20)36-15-19(3)33)16-37-31(35)28(30)29(38-40)21-10-13-27(26(34)14-21)39-43(41,42)17-22-6-4-5-7-25(22)32/h4-14,16,18-19,36,39H,15,17H2,1-3H3,(H2,35,37). The van der Waals surface area contributed by atoms with Gasteiger partial charge in [-0.15, -0.1) is 0 Å². The molecule has 3 aromatic carbocycles. The second-order valence-electron chi connectivity index (χ2n) is 10.6. The van der Waals surface area contributed by atoms with E-state index in [1.54, 1.807) is 36.5 Å². The van der Waals surface area contributed by atoms with Gasteiger partial charge in [0.25, 0.3) is 0 Å². The van der Waals surface area contributed by atoms with Gasteiger partial charge in [-0.25, -0.2) is 22.2 Å². The highest BCUT2D eigenvalue weighted by molar-refractivity contribution is 7.91. The van der Waals surface area contributed by atoms with E-state index in [0.717, 1.165) is 22.3 Å². The molecule has 0 spiro atoms. The monoisotopic (exact) mass is 624 g/mol. The van der Waals surface area contributed by atoms with Gasteiger partial charge in [0.2, 0.25) is 10.0 Å². The second-order valence-corrected chi connectivity index (χ2v) is 12.7. The molecule has 0 saturated carbocycles. The van der Waals surface area contributed by atoms with Gasteiger partial charge in [0.1, 0.15) is 23.5 Å². The Morgan fingerprint density at radius 2 is 1.72 bits per heavy atom. The van der Waals surface area contributed by atoms with E-state index in [9.17, 15) is 12.8 Å². The summed E-state index contributed by atoms with van der Waals surface area (Å²) >= 11 is 6.11. The van der Waals surface area contributed by atoms with Crippen LogP contribution in [0.4, 0.5) is 26.0 Å². The molecule has 0 fully saturated rings. The molecule has 4 N–H and O–H groups in total. The van der Waals surface area contributed by atoms with Crippen molar-refractivity contribution < 1.29 is 17.2 Å². The van der Waals surface area contributed by atoms with Crippen LogP contribution in [0.15, 0.2) is 72.9 Å². The van der Waals surface area contributed by atoms with Crippen LogP contribution in [0.1, 0.15) is 32.4 Å². The molecule has 0 aliphatic heterocycles. The number of pyridine rings is 1. The summed E-state index contributed by atoms with van der Waals surface area (Å²) in [6, 6.07) is 18.2. The number of aromatic nitrogens is 3. The Balaban J connectivity index is 1.52. The smallest absolute Gasteiger partial charge is 0.237 e. The zero-order valence-electron chi connectivity index (χ0n) is 23.8. The van der Waals surface area contributed by atoms with Crippen LogP contribution in [0.3, 0.4) is 0 Å². The number of sulfonamides is 1. The minimum absolute atomic E-state index is 0.0791. The average Bonchev–Trinajstić information content (AvgIpc) is 3.37. The first-order valence-electron chi connectivity index (χ1n) is 13.6. The third-order valence-corrected chi connectivity index (χ3v) is 8.43. The van der Waals surface area contributed by atoms with E-state index in [0.29, 0.717) is 27.2 Å². The van der Waals surface area contributed by atoms with Crippen molar-refractivity contribution in [1.82, 2.24) is 14.8 Å². The SMILES string of the molecule is CC(F)CNc1ccc(-c2cnc(N)c3c(-c4ccc(NS(=O)(=O)Cc5ccccc5Cl)c(F)c4)nn(C(C)C)c23)cc1. The molecule has 1 unspecified atom stereocenters. The third kappa shape index (κ3) is 6.57. The Morgan fingerprint density at radius 3 is 2.37 bits per heavy atom. The quantitative estimate of drug-likeness (QED) is 0.149. The fourth-order valence-corrected chi connectivity index (χ4v) is 6.29. The summed E-state index contributed by atoms with van der Waals surface area (Å²) < 4.78 is 58.4. The summed E-state index contributed by atoms with van der Waals surface area (Å²) in [6.45, 7) is 5.64. The summed E-state index contributed by atoms with van der Waals surface area (Å²) in [5.41, 5.74) is 10.5. The van der Waals surface area contributed by atoms with Gasteiger partial charge in [-0.05, 0) is 62.2 Å². The topological polar surface area (TPSA) is 115 Å². The normalized spacial score (nSPS) is 12.5. The number of nitrogens with one attached hydrogen (secondary N) is 2. The molecule has 0 amide bonds. The number of nitrogens with two attached hydrogens (primary N) is 1. The molecule has 0 saturated heterocycles. The lowest BCUT2D eigenvalue weighted by Crippen LogP contribution is -2.16. The summed E-state index contributed by atoms with van der Waals surface area (Å²) in [5, 5.41) is 8.71. The van der Waals surface area contributed by atoms with Gasteiger partial charge in [-0.2, -0.15) is 5.10 Å². The lowest BCUT2D eigenvalue weighted by atomic mass is 10.0. The first-order chi connectivity index (χ1) is 20.4. The Hall–Kier alpha value is -4.22. The highest BCUT2D eigenvalue weighted by Crippen LogP contribution is 2.39. The highest BCUT2D eigenvalue weighted by atomic mass is 35.5. The zero-order valence-corrected chi connectivity index (χ0v) is 25.3. The number of alkyl halides is 1. The van der Waals surface area contributed by atoms with Crippen molar-refractivity contribution in [2.45, 2.75) is 38.7 Å². The molecule has 2 heterocycles. The van der Waals surface area contributed by atoms with E-state index in [4.69, 9.17) is 22.4 Å². The van der Waals surface area contributed by atoms with Crippen LogP contribution in [0.25, 0.3) is 33.3 Å². The number of halogens is 3. The number of nitrogens with zero attached hydrogens (tertiary/aromatic N) is 3. The Bertz CT molecular complexity index is 1890. The number of hydrogen-bond acceptors (Lipinski definition) is 6. The van der Waals surface area contributed by atoms with Gasteiger partial charge < -0.3 is 11.1 Å². The number of benzene rings is 3. The van der Waals surface area contributed by atoms with Crippen molar-refractivity contribution in [2.75, 3.05) is 22.3 Å². The molecule has 5 rings (SSSR count). The van der Waals surface area contributed by atoms with Crippen molar-refractivity contribution in [1.29, 1.82) is 0 Å². The number of hydrogen-bond donors (Lipinski definition) is 3. The number of nitrogen functional groups attached to an aromatic ring is 1. The van der Waals surface area contributed by atoms with E-state index < -0.39 is 27.8 Å². The van der Waals surface area contributed by atoms with E-state index in [-0.39, 0.29) is 24.1 Å². The number of anilines is 3. The molecule has 0 bridgehead atoms. The lowest BCUT2D eigenvalue weighted by molar-refractivity contribution is 0.378. The van der Waals surface area contributed by atoms with Crippen molar-refractivity contribution in [3.63, 3.8) is 0 Å². The highest BCUT2D eigenvalue weighted by Gasteiger charge is 2.23. The fraction of sp³-hybridized carbons (Fsp3) is 0.226. The Morgan fingerprint density at radius 1 is 1.02 bits per heavy atom. The van der Waals surface area contributed by atoms with Crippen molar-refractivity contribution in [2.24, 2.45) is 0 Å². The predicted molar refractivity (Wildman–Crippen MR) is 170 cm³/mol. The van der Waals surface area contributed by atoms with Crippen LogP contribution in [0.2, 0.25) is 5.02 Å². The number of rotatable bonds is 10. The first-order valence-corrected chi connectivity index (χ1v) is 15.7. The fourth-order valence-electron chi connectivity index (χ4n) is 4.78. The molecule has 8 nitrogen and oxygen atoms in total. The van der Waals surface area contributed by atoms with Crippen molar-refractivity contribution in [3.8, 4) is 22.4 Å². The minimum atomic E-state index is -3.95. The molecule has 5 aromatic rings. The molecule has 0 aliphatic rings. The van der Waals surface area contributed by atoms with Crippen LogP contribution >= 0.6 is 11.6 Å². The second kappa shape index (κ2) is 12.2. The maximum atomic E-state index is 15.4. The summed E-state index contributed by atoms with van der Waals surface area (Å²) in [4.78, 5) is 4.42. The van der Waals surface area contributed by atoms with Gasteiger partial charge in [0, 0.05) is 40.6 Å². The van der Waals surface area contributed by atoms with E-state index in [1.807, 2.05) is 42.8 Å². The molecular weight excluding hydrogens is 594 g/mol. The zero-order chi connectivity index (χ0) is 30.9. The first kappa shape index (κ1) is 30.2. The third-order valence-electron chi connectivity index (χ3n) is 6.84. The largest absolute Gasteiger partial charge is 0.383 e. The van der Waals surface area contributed by atoms with Crippen LogP contribution in [-0.2, 0) is 15.8 Å². The lowest BCUT2D eigenvalue weighted by Gasteiger charge is -2.13. The summed E-state index contributed by atoms with van der Waals surface area (Å²) in [5.74, 6) is -0.962. The Kier molecular flexibility index (Phi) is 8.57. The van der Waals surface area contributed by atoms with Gasteiger partial charge >= 0.3 is 0 Å². The van der Waals surface area contributed by atoms with Crippen LogP contribution in [0, 0.1) is 5.82 Å². The molecule has 2 aromatic heterocycles. The average molecular weight is 625 g/mol. The molecule has 43 heavy (non-hydrogen) atoms. The number of fused-ring (bicyclic) bond motifs is 1. The van der Waals surface area contributed by atoms with Gasteiger partial charge in [-0.1, -0.05) is 48.0 Å². The van der Waals surface area contributed by atoms with E-state index in [1.165, 1.54) is 19.1 Å². The maximum Gasteiger partial charge on any atom is 0.237 e. The van der Waals surface area contributed by atoms with Crippen LogP contribution in [-0.4, -0.2) is 35.9 Å². The van der Waals surface area contributed by atoms with Gasteiger partial charge in [0.05, 0.1) is 22.3 Å². The Labute approximate surface area is 254 Å². The van der Waals surface area contributed by atoms with E-state index in [2.05, 4.69) is 15.0 Å². The molecule has 12 heteroatoms. The van der Waals surface area contributed by atoms with Crippen LogP contribution in [0.5, 0.6) is 0 Å². The molecule has 0 aliphatic carbocycles. The molecular formula is C31H31ClF2N6O2S. The maximum absolute atomic E-state index is 15.4. The van der Waals surface area contributed by atoms with Crippen molar-refractivity contribution >= 4 is 49.7 Å². The molecule has 224 valence electrons. The summed E-state index contributed by atoms with van der Waals surface area (Å²) in [6.07, 6.45) is 0.692. The van der Waals surface area contributed by atoms with Crippen molar-refractivity contribution in [3.05, 3.63) is 89.3 Å². The van der Waals surface area contributed by atoms with Crippen LogP contribution < -0.4 is 15.8 Å². The summed E-state index contributed by atoms with van der Waals surface area (Å²) in [7, 11) is -3.95. The minimum Gasteiger partial charge on any atom is -0.383 e. The molecule has 0 radical (unpaired) electrons. The molecule has 1 atom stereocenters. The van der Waals surface area contributed by atoms with Gasteiger partial charge in [-0.3, -0.25) is 9.40 Å².